The Bertz CT molecular complexity index is 630. The predicted octanol–water partition coefficient (Wildman–Crippen LogP) is 4.56. The molecule has 0 aliphatic rings. The molecule has 0 amide bonds. The number of carboxylic acid groups (broad SMARTS) is 1. The van der Waals surface area contributed by atoms with E-state index in [-0.39, 0.29) is 5.41 Å². The standard InChI is InChI=1S/C18H23NO2/c1-5-12-19-15(10-11-16(19)17(20)21)13-6-8-14(9-7-13)18(2,3)4/h6-11H,5,12H2,1-4H3,(H,20,21). The first-order chi connectivity index (χ1) is 9.84. The van der Waals surface area contributed by atoms with E-state index >= 15 is 0 Å². The molecule has 2 aromatic rings. The van der Waals surface area contributed by atoms with E-state index in [1.807, 2.05) is 10.6 Å². The number of carbonyl (C=O) groups is 1. The number of aromatic nitrogens is 1. The van der Waals surface area contributed by atoms with E-state index in [1.165, 1.54) is 5.56 Å². The Morgan fingerprint density at radius 3 is 2.19 bits per heavy atom. The third kappa shape index (κ3) is 3.18. The Balaban J connectivity index is 2.44. The summed E-state index contributed by atoms with van der Waals surface area (Å²) in [6, 6.07) is 12.0. The fourth-order valence-corrected chi connectivity index (χ4v) is 2.51. The molecule has 3 nitrogen and oxygen atoms in total. The lowest BCUT2D eigenvalue weighted by molar-refractivity contribution is 0.0685. The second-order valence-electron chi connectivity index (χ2n) is 6.39. The Morgan fingerprint density at radius 2 is 1.71 bits per heavy atom. The van der Waals surface area contributed by atoms with Gasteiger partial charge in [-0.2, -0.15) is 0 Å². The van der Waals surface area contributed by atoms with Crippen LogP contribution in [0, 0.1) is 0 Å². The van der Waals surface area contributed by atoms with Crippen LogP contribution >= 0.6 is 0 Å². The van der Waals surface area contributed by atoms with Crippen molar-refractivity contribution in [2.24, 2.45) is 0 Å². The molecule has 0 fully saturated rings. The minimum absolute atomic E-state index is 0.121. The maximum Gasteiger partial charge on any atom is 0.352 e. The van der Waals surface area contributed by atoms with E-state index < -0.39 is 5.97 Å². The van der Waals surface area contributed by atoms with Gasteiger partial charge in [0.15, 0.2) is 0 Å². The van der Waals surface area contributed by atoms with Crippen LogP contribution in [0.15, 0.2) is 36.4 Å². The molecule has 2 rings (SSSR count). The molecule has 3 heteroatoms. The van der Waals surface area contributed by atoms with Crippen molar-refractivity contribution in [3.63, 3.8) is 0 Å². The van der Waals surface area contributed by atoms with Crippen molar-refractivity contribution in [2.45, 2.75) is 46.1 Å². The van der Waals surface area contributed by atoms with Crippen LogP contribution in [0.3, 0.4) is 0 Å². The van der Waals surface area contributed by atoms with E-state index in [2.05, 4.69) is 52.0 Å². The van der Waals surface area contributed by atoms with Gasteiger partial charge in [-0.3, -0.25) is 0 Å². The summed E-state index contributed by atoms with van der Waals surface area (Å²) in [4.78, 5) is 11.3. The zero-order valence-corrected chi connectivity index (χ0v) is 13.2. The second-order valence-corrected chi connectivity index (χ2v) is 6.39. The summed E-state index contributed by atoms with van der Waals surface area (Å²) < 4.78 is 1.88. The molecule has 112 valence electrons. The lowest BCUT2D eigenvalue weighted by atomic mass is 9.86. The zero-order valence-electron chi connectivity index (χ0n) is 13.2. The van der Waals surface area contributed by atoms with Crippen molar-refractivity contribution < 1.29 is 9.90 Å². The maximum absolute atomic E-state index is 11.3. The minimum Gasteiger partial charge on any atom is -0.477 e. The number of benzene rings is 1. The summed E-state index contributed by atoms with van der Waals surface area (Å²) in [5.74, 6) is -0.874. The largest absolute Gasteiger partial charge is 0.477 e. The van der Waals surface area contributed by atoms with Gasteiger partial charge in [-0.05, 0) is 35.1 Å². The highest BCUT2D eigenvalue weighted by molar-refractivity contribution is 5.87. The van der Waals surface area contributed by atoms with E-state index in [9.17, 15) is 9.90 Å². The Kier molecular flexibility index (Phi) is 4.21. The predicted molar refractivity (Wildman–Crippen MR) is 85.8 cm³/mol. The van der Waals surface area contributed by atoms with Crippen LogP contribution < -0.4 is 0 Å². The minimum atomic E-state index is -0.874. The monoisotopic (exact) mass is 285 g/mol. The number of nitrogens with zero attached hydrogens (tertiary/aromatic N) is 1. The highest BCUT2D eigenvalue weighted by atomic mass is 16.4. The molecule has 0 unspecified atom stereocenters. The van der Waals surface area contributed by atoms with Gasteiger partial charge < -0.3 is 9.67 Å². The fourth-order valence-electron chi connectivity index (χ4n) is 2.51. The second kappa shape index (κ2) is 5.76. The highest BCUT2D eigenvalue weighted by Crippen LogP contribution is 2.27. The lowest BCUT2D eigenvalue weighted by Crippen LogP contribution is -2.11. The Morgan fingerprint density at radius 1 is 1.10 bits per heavy atom. The number of rotatable bonds is 4. The van der Waals surface area contributed by atoms with Gasteiger partial charge >= 0.3 is 5.97 Å². The number of hydrogen-bond acceptors (Lipinski definition) is 1. The number of carboxylic acids is 1. The molecule has 0 saturated carbocycles. The van der Waals surface area contributed by atoms with Crippen molar-refractivity contribution in [1.29, 1.82) is 0 Å². The Hall–Kier alpha value is -2.03. The van der Waals surface area contributed by atoms with E-state index in [4.69, 9.17) is 0 Å². The zero-order chi connectivity index (χ0) is 15.6. The van der Waals surface area contributed by atoms with Gasteiger partial charge in [0.2, 0.25) is 0 Å². The molecule has 0 radical (unpaired) electrons. The molecule has 1 aromatic heterocycles. The SMILES string of the molecule is CCCn1c(C(=O)O)ccc1-c1ccc(C(C)(C)C)cc1. The summed E-state index contributed by atoms with van der Waals surface area (Å²) >= 11 is 0. The van der Waals surface area contributed by atoms with Crippen LogP contribution in [0.2, 0.25) is 0 Å². The van der Waals surface area contributed by atoms with Crippen molar-refractivity contribution in [3.05, 3.63) is 47.7 Å². The molecule has 0 spiro atoms. The molecule has 0 aliphatic carbocycles. The molecule has 0 atom stereocenters. The maximum atomic E-state index is 11.3. The molecular weight excluding hydrogens is 262 g/mol. The molecule has 1 heterocycles. The Labute approximate surface area is 126 Å². The number of aromatic carboxylic acids is 1. The third-order valence-electron chi connectivity index (χ3n) is 3.69. The summed E-state index contributed by atoms with van der Waals surface area (Å²) in [6.07, 6.45) is 0.905. The van der Waals surface area contributed by atoms with E-state index in [0.29, 0.717) is 12.2 Å². The average molecular weight is 285 g/mol. The normalized spacial score (nSPS) is 11.6. The molecule has 1 aromatic carbocycles. The third-order valence-corrected chi connectivity index (χ3v) is 3.69. The van der Waals surface area contributed by atoms with Gasteiger partial charge in [0, 0.05) is 12.2 Å². The van der Waals surface area contributed by atoms with Crippen molar-refractivity contribution in [3.8, 4) is 11.3 Å². The van der Waals surface area contributed by atoms with E-state index in [0.717, 1.165) is 17.7 Å². The smallest absolute Gasteiger partial charge is 0.352 e. The summed E-state index contributed by atoms with van der Waals surface area (Å²) in [7, 11) is 0. The van der Waals surface area contributed by atoms with Gasteiger partial charge in [-0.25, -0.2) is 4.79 Å². The van der Waals surface area contributed by atoms with Gasteiger partial charge in [-0.15, -0.1) is 0 Å². The van der Waals surface area contributed by atoms with Gasteiger partial charge in [0.05, 0.1) is 0 Å². The lowest BCUT2D eigenvalue weighted by Gasteiger charge is -2.19. The van der Waals surface area contributed by atoms with Crippen molar-refractivity contribution in [1.82, 2.24) is 4.57 Å². The van der Waals surface area contributed by atoms with Crippen LogP contribution in [0.1, 0.15) is 50.2 Å². The van der Waals surface area contributed by atoms with Gasteiger partial charge in [0.1, 0.15) is 5.69 Å². The summed E-state index contributed by atoms with van der Waals surface area (Å²) in [6.45, 7) is 9.32. The first-order valence-electron chi connectivity index (χ1n) is 7.38. The quantitative estimate of drug-likeness (QED) is 0.894. The van der Waals surface area contributed by atoms with Gasteiger partial charge in [0.25, 0.3) is 0 Å². The van der Waals surface area contributed by atoms with Crippen molar-refractivity contribution >= 4 is 5.97 Å². The molecule has 0 bridgehead atoms. The van der Waals surface area contributed by atoms with Crippen LogP contribution in [0.4, 0.5) is 0 Å². The number of hydrogen-bond donors (Lipinski definition) is 1. The van der Waals surface area contributed by atoms with Crippen LogP contribution in [0.25, 0.3) is 11.3 Å². The molecular formula is C18H23NO2. The van der Waals surface area contributed by atoms with Crippen LogP contribution in [-0.4, -0.2) is 15.6 Å². The van der Waals surface area contributed by atoms with Gasteiger partial charge in [-0.1, -0.05) is 52.0 Å². The van der Waals surface area contributed by atoms with Crippen LogP contribution in [-0.2, 0) is 12.0 Å². The molecule has 0 saturated heterocycles. The average Bonchev–Trinajstić information content (AvgIpc) is 2.82. The molecule has 21 heavy (non-hydrogen) atoms. The first-order valence-corrected chi connectivity index (χ1v) is 7.38. The highest BCUT2D eigenvalue weighted by Gasteiger charge is 2.16. The topological polar surface area (TPSA) is 42.2 Å². The summed E-state index contributed by atoms with van der Waals surface area (Å²) in [5.41, 5.74) is 3.78. The molecule has 0 aliphatic heterocycles. The summed E-state index contributed by atoms with van der Waals surface area (Å²) in [5, 5.41) is 9.28. The van der Waals surface area contributed by atoms with E-state index in [1.54, 1.807) is 6.07 Å². The fraction of sp³-hybridized carbons (Fsp3) is 0.389. The van der Waals surface area contributed by atoms with Crippen LogP contribution in [0.5, 0.6) is 0 Å². The van der Waals surface area contributed by atoms with Crippen molar-refractivity contribution in [2.75, 3.05) is 0 Å². The molecule has 1 N–H and O–H groups in total. The first kappa shape index (κ1) is 15.4.